The molecule has 0 aromatic heterocycles. The molecule has 3 aromatic rings. The molecule has 0 unspecified atom stereocenters. The summed E-state index contributed by atoms with van der Waals surface area (Å²) in [5, 5.41) is 15.3. The molecule has 0 atom stereocenters. The fraction of sp³-hybridized carbons (Fsp3) is 0. The Morgan fingerprint density at radius 1 is 0.500 bits per heavy atom. The molecule has 2 nitrogen and oxygen atoms in total. The van der Waals surface area contributed by atoms with E-state index < -0.39 is 67.9 Å². The molecule has 2 N–H and O–H groups in total. The second-order valence-corrected chi connectivity index (χ2v) is 4.49. The summed E-state index contributed by atoms with van der Waals surface area (Å²) in [6, 6.07) is 1.52. The number of aromatic hydroxyl groups is 2. The van der Waals surface area contributed by atoms with E-state index in [2.05, 4.69) is 0 Å². The van der Waals surface area contributed by atoms with E-state index in [0.717, 1.165) is 12.1 Å². The zero-order valence-corrected chi connectivity index (χ0v) is 10.3. The van der Waals surface area contributed by atoms with Crippen LogP contribution in [0.5, 0.6) is 11.5 Å². The van der Waals surface area contributed by atoms with Crippen molar-refractivity contribution >= 4 is 21.5 Å². The molecule has 8 heteroatoms. The lowest BCUT2D eigenvalue weighted by atomic mass is 9.99. The van der Waals surface area contributed by atoms with Crippen molar-refractivity contribution < 1.29 is 36.6 Å². The molecular formula is C14H4F6O2. The van der Waals surface area contributed by atoms with Crippen LogP contribution in [0.2, 0.25) is 0 Å². The Hall–Kier alpha value is -2.64. The first-order valence-corrected chi connectivity index (χ1v) is 5.74. The van der Waals surface area contributed by atoms with Crippen LogP contribution >= 0.6 is 0 Å². The van der Waals surface area contributed by atoms with Crippen molar-refractivity contribution in [3.8, 4) is 11.5 Å². The number of benzene rings is 3. The lowest BCUT2D eigenvalue weighted by Crippen LogP contribution is -2.00. The molecule has 0 aliphatic heterocycles. The summed E-state index contributed by atoms with van der Waals surface area (Å²) >= 11 is 0. The van der Waals surface area contributed by atoms with Crippen LogP contribution in [-0.2, 0) is 0 Å². The minimum Gasteiger partial charge on any atom is -0.504 e. The number of phenols is 2. The molecule has 0 fully saturated rings. The van der Waals surface area contributed by atoms with Gasteiger partial charge in [-0.05, 0) is 6.07 Å². The fourth-order valence-electron chi connectivity index (χ4n) is 2.30. The van der Waals surface area contributed by atoms with E-state index in [1.165, 1.54) is 0 Å². The van der Waals surface area contributed by atoms with Crippen LogP contribution in [-0.4, -0.2) is 10.2 Å². The SMILES string of the molecule is Oc1c(F)c(O)c2ccc3c(F)c(F)c(F)c(F)c3c2c1F. The maximum Gasteiger partial charge on any atom is 0.210 e. The van der Waals surface area contributed by atoms with Crippen molar-refractivity contribution in [3.63, 3.8) is 0 Å². The lowest BCUT2D eigenvalue weighted by Gasteiger charge is -2.11. The highest BCUT2D eigenvalue weighted by Gasteiger charge is 2.27. The van der Waals surface area contributed by atoms with E-state index in [1.807, 2.05) is 0 Å². The Morgan fingerprint density at radius 3 is 1.64 bits per heavy atom. The normalized spacial score (nSPS) is 11.5. The van der Waals surface area contributed by atoms with Crippen LogP contribution in [0.25, 0.3) is 21.5 Å². The number of hydrogen-bond donors (Lipinski definition) is 2. The van der Waals surface area contributed by atoms with E-state index >= 15 is 0 Å². The van der Waals surface area contributed by atoms with Gasteiger partial charge < -0.3 is 10.2 Å². The van der Waals surface area contributed by atoms with Gasteiger partial charge in [-0.15, -0.1) is 0 Å². The Bertz CT molecular complexity index is 889. The molecule has 22 heavy (non-hydrogen) atoms. The van der Waals surface area contributed by atoms with Gasteiger partial charge in [-0.3, -0.25) is 0 Å². The van der Waals surface area contributed by atoms with E-state index in [9.17, 15) is 36.6 Å². The number of fused-ring (bicyclic) bond motifs is 3. The molecule has 3 rings (SSSR count). The van der Waals surface area contributed by atoms with Gasteiger partial charge in [0.25, 0.3) is 0 Å². The topological polar surface area (TPSA) is 40.5 Å². The highest BCUT2D eigenvalue weighted by molar-refractivity contribution is 6.10. The molecule has 0 aliphatic carbocycles. The van der Waals surface area contributed by atoms with Crippen LogP contribution < -0.4 is 0 Å². The Morgan fingerprint density at radius 2 is 1.00 bits per heavy atom. The zero-order chi connectivity index (χ0) is 16.3. The number of hydrogen-bond acceptors (Lipinski definition) is 2. The second-order valence-electron chi connectivity index (χ2n) is 4.49. The minimum atomic E-state index is -2.19. The summed E-state index contributed by atoms with van der Waals surface area (Å²) in [6.07, 6.45) is 0. The molecule has 0 aliphatic rings. The summed E-state index contributed by atoms with van der Waals surface area (Å²) in [5.41, 5.74) is 0. The Kier molecular flexibility index (Phi) is 2.88. The molecule has 0 radical (unpaired) electrons. The van der Waals surface area contributed by atoms with E-state index in [4.69, 9.17) is 0 Å². The maximum atomic E-state index is 14.0. The van der Waals surface area contributed by atoms with Gasteiger partial charge in [0, 0.05) is 21.5 Å². The van der Waals surface area contributed by atoms with Gasteiger partial charge in [0.1, 0.15) is 0 Å². The first-order chi connectivity index (χ1) is 10.3. The molecule has 0 bridgehead atoms. The van der Waals surface area contributed by atoms with Gasteiger partial charge in [0.2, 0.25) is 5.82 Å². The number of rotatable bonds is 0. The monoisotopic (exact) mass is 318 g/mol. The molecule has 0 amide bonds. The van der Waals surface area contributed by atoms with Crippen LogP contribution in [0.1, 0.15) is 0 Å². The van der Waals surface area contributed by atoms with Gasteiger partial charge >= 0.3 is 0 Å². The van der Waals surface area contributed by atoms with Gasteiger partial charge in [0.05, 0.1) is 0 Å². The lowest BCUT2D eigenvalue weighted by molar-refractivity contribution is 0.372. The summed E-state index contributed by atoms with van der Waals surface area (Å²) in [5.74, 6) is -14.3. The fourth-order valence-corrected chi connectivity index (χ4v) is 2.30. The molecule has 114 valence electrons. The van der Waals surface area contributed by atoms with Crippen molar-refractivity contribution in [2.45, 2.75) is 0 Å². The number of halogens is 6. The van der Waals surface area contributed by atoms with Gasteiger partial charge in [0.15, 0.2) is 40.6 Å². The predicted octanol–water partition coefficient (Wildman–Crippen LogP) is 4.24. The summed E-state index contributed by atoms with van der Waals surface area (Å²) in [7, 11) is 0. The first kappa shape index (κ1) is 14.3. The van der Waals surface area contributed by atoms with Crippen molar-refractivity contribution in [2.75, 3.05) is 0 Å². The summed E-state index contributed by atoms with van der Waals surface area (Å²) in [6.45, 7) is 0. The molecular weight excluding hydrogens is 314 g/mol. The van der Waals surface area contributed by atoms with Crippen LogP contribution in [0.4, 0.5) is 26.3 Å². The van der Waals surface area contributed by atoms with Crippen molar-refractivity contribution in [3.05, 3.63) is 47.0 Å². The maximum absolute atomic E-state index is 14.0. The highest BCUT2D eigenvalue weighted by atomic mass is 19.2. The van der Waals surface area contributed by atoms with Gasteiger partial charge in [-0.25, -0.2) is 22.0 Å². The largest absolute Gasteiger partial charge is 0.504 e. The van der Waals surface area contributed by atoms with E-state index in [1.54, 1.807) is 0 Å². The number of phenolic OH excluding ortho intramolecular Hbond substituents is 2. The summed E-state index contributed by atoms with van der Waals surface area (Å²) in [4.78, 5) is 0. The average Bonchev–Trinajstić information content (AvgIpc) is 2.52. The summed E-state index contributed by atoms with van der Waals surface area (Å²) < 4.78 is 81.5. The molecule has 0 heterocycles. The van der Waals surface area contributed by atoms with Crippen LogP contribution in [0, 0.1) is 34.9 Å². The third-order valence-corrected chi connectivity index (χ3v) is 3.34. The molecule has 0 saturated heterocycles. The smallest absolute Gasteiger partial charge is 0.210 e. The quantitative estimate of drug-likeness (QED) is 0.282. The molecule has 0 saturated carbocycles. The Balaban J connectivity index is 2.74. The van der Waals surface area contributed by atoms with Gasteiger partial charge in [-0.1, -0.05) is 6.07 Å². The van der Waals surface area contributed by atoms with Crippen molar-refractivity contribution in [1.29, 1.82) is 0 Å². The third-order valence-electron chi connectivity index (χ3n) is 3.34. The van der Waals surface area contributed by atoms with Gasteiger partial charge in [-0.2, -0.15) is 4.39 Å². The van der Waals surface area contributed by atoms with Crippen molar-refractivity contribution in [1.82, 2.24) is 0 Å². The van der Waals surface area contributed by atoms with Crippen LogP contribution in [0.15, 0.2) is 12.1 Å². The molecule has 3 aromatic carbocycles. The Labute approximate surface area is 117 Å². The first-order valence-electron chi connectivity index (χ1n) is 5.74. The highest BCUT2D eigenvalue weighted by Crippen LogP contribution is 2.42. The van der Waals surface area contributed by atoms with Crippen molar-refractivity contribution in [2.24, 2.45) is 0 Å². The standard InChI is InChI=1S/C14H4F6O2/c15-7-3-1-2-4-6(5(3)8(16)11(19)10(7)18)9(17)14(22)12(20)13(4)21/h1-2,21-22H. The van der Waals surface area contributed by atoms with E-state index in [0.29, 0.717) is 0 Å². The van der Waals surface area contributed by atoms with Crippen LogP contribution in [0.3, 0.4) is 0 Å². The van der Waals surface area contributed by atoms with E-state index in [-0.39, 0.29) is 0 Å². The average molecular weight is 318 g/mol. The second kappa shape index (κ2) is 4.43. The molecule has 0 spiro atoms. The zero-order valence-electron chi connectivity index (χ0n) is 10.3. The third kappa shape index (κ3) is 1.57. The predicted molar refractivity (Wildman–Crippen MR) is 64.5 cm³/mol. The minimum absolute atomic E-state index is 0.635.